The predicted molar refractivity (Wildman–Crippen MR) is 74.9 cm³/mol. The lowest BCUT2D eigenvalue weighted by Crippen LogP contribution is -2.29. The second-order valence-electron chi connectivity index (χ2n) is 4.71. The lowest BCUT2D eigenvalue weighted by molar-refractivity contribution is 0.432. The lowest BCUT2D eigenvalue weighted by Gasteiger charge is -2.19. The Morgan fingerprint density at radius 1 is 1.44 bits per heavy atom. The van der Waals surface area contributed by atoms with Crippen LogP contribution < -0.4 is 5.32 Å². The molecule has 0 radical (unpaired) electrons. The van der Waals surface area contributed by atoms with Crippen molar-refractivity contribution >= 4 is 11.3 Å². The molecule has 0 saturated heterocycles. The van der Waals surface area contributed by atoms with Gasteiger partial charge in [0, 0.05) is 23.4 Å². The average Bonchev–Trinajstić information content (AvgIpc) is 2.97. The van der Waals surface area contributed by atoms with Crippen LogP contribution >= 0.6 is 11.3 Å². The minimum atomic E-state index is 0.365. The first kappa shape index (κ1) is 13.3. The van der Waals surface area contributed by atoms with Crippen LogP contribution in [0.15, 0.2) is 28.3 Å². The highest BCUT2D eigenvalue weighted by Crippen LogP contribution is 2.22. The molecule has 0 aromatic carbocycles. The molecular formula is C14H20N2OS. The number of furan rings is 1. The van der Waals surface area contributed by atoms with Crippen molar-refractivity contribution in [2.75, 3.05) is 0 Å². The molecule has 2 unspecified atom stereocenters. The molecule has 98 valence electrons. The predicted octanol–water partition coefficient (Wildman–Crippen LogP) is 3.72. The Hall–Kier alpha value is -1.13. The van der Waals surface area contributed by atoms with Gasteiger partial charge in [0.2, 0.25) is 0 Å². The van der Waals surface area contributed by atoms with Crippen molar-refractivity contribution < 1.29 is 4.42 Å². The summed E-state index contributed by atoms with van der Waals surface area (Å²) in [5, 5.41) is 3.61. The summed E-state index contributed by atoms with van der Waals surface area (Å²) < 4.78 is 5.34. The zero-order valence-electron chi connectivity index (χ0n) is 11.1. The third-order valence-corrected chi connectivity index (χ3v) is 4.23. The Kier molecular flexibility index (Phi) is 4.55. The molecule has 2 heterocycles. The van der Waals surface area contributed by atoms with Crippen LogP contribution in [0.1, 0.15) is 42.6 Å². The van der Waals surface area contributed by atoms with Gasteiger partial charge in [0.15, 0.2) is 0 Å². The number of nitrogens with one attached hydrogen (secondary N) is 1. The summed E-state index contributed by atoms with van der Waals surface area (Å²) in [4.78, 5) is 5.63. The quantitative estimate of drug-likeness (QED) is 0.864. The van der Waals surface area contributed by atoms with Gasteiger partial charge in [-0.25, -0.2) is 4.98 Å². The first-order valence-corrected chi connectivity index (χ1v) is 7.23. The Bertz CT molecular complexity index is 464. The van der Waals surface area contributed by atoms with Crippen LogP contribution in [0.5, 0.6) is 0 Å². The van der Waals surface area contributed by atoms with Crippen molar-refractivity contribution in [3.63, 3.8) is 0 Å². The molecule has 2 rings (SSSR count). The molecule has 0 amide bonds. The van der Waals surface area contributed by atoms with Gasteiger partial charge >= 0.3 is 0 Å². The fourth-order valence-electron chi connectivity index (χ4n) is 2.13. The Labute approximate surface area is 112 Å². The van der Waals surface area contributed by atoms with Crippen LogP contribution in [-0.4, -0.2) is 11.0 Å². The van der Waals surface area contributed by atoms with Crippen molar-refractivity contribution in [1.29, 1.82) is 0 Å². The molecule has 0 fully saturated rings. The second kappa shape index (κ2) is 6.16. The van der Waals surface area contributed by atoms with Crippen LogP contribution in [0.2, 0.25) is 0 Å². The van der Waals surface area contributed by atoms with Gasteiger partial charge in [-0.2, -0.15) is 0 Å². The van der Waals surface area contributed by atoms with Crippen LogP contribution in [0.3, 0.4) is 0 Å². The molecule has 0 aliphatic carbocycles. The zero-order chi connectivity index (χ0) is 13.0. The van der Waals surface area contributed by atoms with E-state index in [1.54, 1.807) is 17.6 Å². The highest BCUT2D eigenvalue weighted by molar-refractivity contribution is 7.09. The van der Waals surface area contributed by atoms with Crippen LogP contribution in [0.4, 0.5) is 0 Å². The molecule has 2 aromatic heterocycles. The van der Waals surface area contributed by atoms with Gasteiger partial charge in [-0.15, -0.1) is 11.3 Å². The molecule has 0 spiro atoms. The monoisotopic (exact) mass is 264 g/mol. The second-order valence-corrected chi connectivity index (χ2v) is 5.60. The number of rotatable bonds is 6. The van der Waals surface area contributed by atoms with E-state index in [2.05, 4.69) is 31.1 Å². The normalized spacial score (nSPS) is 14.6. The van der Waals surface area contributed by atoms with E-state index >= 15 is 0 Å². The summed E-state index contributed by atoms with van der Waals surface area (Å²) >= 11 is 1.72. The van der Waals surface area contributed by atoms with Gasteiger partial charge in [0.1, 0.15) is 5.76 Å². The maximum Gasteiger partial charge on any atom is 0.103 e. The molecule has 2 aromatic rings. The largest absolute Gasteiger partial charge is 0.469 e. The van der Waals surface area contributed by atoms with E-state index in [0.717, 1.165) is 24.3 Å². The first-order chi connectivity index (χ1) is 8.66. The summed E-state index contributed by atoms with van der Waals surface area (Å²) in [6, 6.07) is 4.80. The van der Waals surface area contributed by atoms with Crippen molar-refractivity contribution in [1.82, 2.24) is 10.3 Å². The molecule has 3 nitrogen and oxygen atoms in total. The number of aryl methyl sites for hydroxylation is 2. The van der Waals surface area contributed by atoms with E-state index in [-0.39, 0.29) is 0 Å². The summed E-state index contributed by atoms with van der Waals surface area (Å²) in [5.74, 6) is 1.06. The Morgan fingerprint density at radius 2 is 2.28 bits per heavy atom. The van der Waals surface area contributed by atoms with E-state index in [1.807, 2.05) is 17.6 Å². The maximum atomic E-state index is 5.34. The third kappa shape index (κ3) is 3.43. The Morgan fingerprint density at radius 3 is 2.89 bits per heavy atom. The lowest BCUT2D eigenvalue weighted by atomic mass is 10.1. The van der Waals surface area contributed by atoms with Crippen molar-refractivity contribution in [3.8, 4) is 0 Å². The smallest absolute Gasteiger partial charge is 0.103 e. The number of hydrogen-bond acceptors (Lipinski definition) is 4. The highest BCUT2D eigenvalue weighted by atomic mass is 32.1. The molecule has 1 N–H and O–H groups in total. The van der Waals surface area contributed by atoms with Crippen LogP contribution in [-0.2, 0) is 6.42 Å². The summed E-state index contributed by atoms with van der Waals surface area (Å²) in [5.41, 5.74) is 3.05. The van der Waals surface area contributed by atoms with Gasteiger partial charge in [-0.1, -0.05) is 0 Å². The number of aromatic nitrogens is 1. The first-order valence-electron chi connectivity index (χ1n) is 6.35. The molecule has 0 bridgehead atoms. The van der Waals surface area contributed by atoms with Crippen LogP contribution in [0, 0.1) is 6.92 Å². The van der Waals surface area contributed by atoms with Crippen LogP contribution in [0.25, 0.3) is 0 Å². The zero-order valence-corrected chi connectivity index (χ0v) is 12.0. The summed E-state index contributed by atoms with van der Waals surface area (Å²) in [6.45, 7) is 6.48. The third-order valence-electron chi connectivity index (χ3n) is 3.11. The van der Waals surface area contributed by atoms with Gasteiger partial charge in [-0.05, 0) is 39.3 Å². The topological polar surface area (TPSA) is 38.1 Å². The number of thiazole rings is 1. The molecule has 0 aliphatic heterocycles. The summed E-state index contributed by atoms with van der Waals surface area (Å²) in [6.07, 6.45) is 3.79. The molecule has 2 atom stereocenters. The van der Waals surface area contributed by atoms with Gasteiger partial charge in [-0.3, -0.25) is 0 Å². The molecule has 0 saturated carbocycles. The van der Waals surface area contributed by atoms with Gasteiger partial charge in [0.05, 0.1) is 17.5 Å². The van der Waals surface area contributed by atoms with E-state index < -0.39 is 0 Å². The van der Waals surface area contributed by atoms with Crippen molar-refractivity contribution in [3.05, 3.63) is 40.2 Å². The standard InChI is InChI=1S/C14H20N2OS/c1-10(6-7-13-5-4-8-17-13)16-12(3)14-11(2)15-9-18-14/h4-5,8-10,12,16H,6-7H2,1-3H3. The molecular weight excluding hydrogens is 244 g/mol. The molecule has 4 heteroatoms. The maximum absolute atomic E-state index is 5.34. The molecule has 0 aliphatic rings. The van der Waals surface area contributed by atoms with Gasteiger partial charge in [0.25, 0.3) is 0 Å². The van der Waals surface area contributed by atoms with E-state index in [1.165, 1.54) is 4.88 Å². The average molecular weight is 264 g/mol. The van der Waals surface area contributed by atoms with E-state index in [9.17, 15) is 0 Å². The minimum absolute atomic E-state index is 0.365. The van der Waals surface area contributed by atoms with E-state index in [0.29, 0.717) is 12.1 Å². The van der Waals surface area contributed by atoms with E-state index in [4.69, 9.17) is 4.42 Å². The number of nitrogens with zero attached hydrogens (tertiary/aromatic N) is 1. The Balaban J connectivity index is 1.80. The highest BCUT2D eigenvalue weighted by Gasteiger charge is 2.13. The van der Waals surface area contributed by atoms with Crippen molar-refractivity contribution in [2.45, 2.75) is 45.7 Å². The SMILES string of the molecule is Cc1ncsc1C(C)NC(C)CCc1ccco1. The van der Waals surface area contributed by atoms with Gasteiger partial charge < -0.3 is 9.73 Å². The fourth-order valence-corrected chi connectivity index (χ4v) is 2.95. The fraction of sp³-hybridized carbons (Fsp3) is 0.500. The minimum Gasteiger partial charge on any atom is -0.469 e. The number of hydrogen-bond donors (Lipinski definition) is 1. The molecule has 18 heavy (non-hydrogen) atoms. The van der Waals surface area contributed by atoms with Crippen molar-refractivity contribution in [2.24, 2.45) is 0 Å². The summed E-state index contributed by atoms with van der Waals surface area (Å²) in [7, 11) is 0.